The largest absolute Gasteiger partial charge is 0.477 e. The first-order chi connectivity index (χ1) is 12.0. The van der Waals surface area contributed by atoms with Crippen LogP contribution in [-0.2, 0) is 6.54 Å². The van der Waals surface area contributed by atoms with E-state index in [1.807, 2.05) is 28.8 Å². The first-order valence-electron chi connectivity index (χ1n) is 7.69. The molecule has 1 N–H and O–H groups in total. The Morgan fingerprint density at radius 3 is 2.64 bits per heavy atom. The molecule has 0 amide bonds. The predicted molar refractivity (Wildman–Crippen MR) is 105 cm³/mol. The summed E-state index contributed by atoms with van der Waals surface area (Å²) in [6, 6.07) is 15.6. The number of fused-ring (bicyclic) bond motifs is 1. The molecule has 0 bridgehead atoms. The molecule has 1 aromatic carbocycles. The van der Waals surface area contributed by atoms with Gasteiger partial charge in [0.05, 0.1) is 10.2 Å². The number of hydrogen-bond acceptors (Lipinski definition) is 3. The van der Waals surface area contributed by atoms with Crippen molar-refractivity contribution < 1.29 is 9.90 Å². The number of rotatable bonds is 4. The van der Waals surface area contributed by atoms with Crippen molar-refractivity contribution in [1.29, 1.82) is 0 Å². The van der Waals surface area contributed by atoms with Gasteiger partial charge < -0.3 is 9.67 Å². The Balaban J connectivity index is 1.83. The van der Waals surface area contributed by atoms with Crippen molar-refractivity contribution in [2.24, 2.45) is 0 Å². The molecule has 0 saturated carbocycles. The molecular weight excluding hydrogens is 374 g/mol. The zero-order valence-electron chi connectivity index (χ0n) is 13.3. The summed E-state index contributed by atoms with van der Waals surface area (Å²) in [6.07, 6.45) is 0. The Labute approximate surface area is 157 Å². The van der Waals surface area contributed by atoms with E-state index in [1.165, 1.54) is 14.6 Å². The standard InChI is InChI=1S/C19H14ClNO2S2/c1-11-5-6-16(24-11)18-8-14-17(25-18)9-15(19(22)23)21(14)10-12-3-2-4-13(20)7-12/h2-9H,10H2,1H3,(H,22,23). The van der Waals surface area contributed by atoms with E-state index in [9.17, 15) is 9.90 Å². The Bertz CT molecular complexity index is 1090. The summed E-state index contributed by atoms with van der Waals surface area (Å²) < 4.78 is 2.84. The summed E-state index contributed by atoms with van der Waals surface area (Å²) in [5.41, 5.74) is 2.23. The highest BCUT2D eigenvalue weighted by Gasteiger charge is 2.18. The van der Waals surface area contributed by atoms with Gasteiger partial charge in [-0.25, -0.2) is 4.79 Å². The number of aromatic carboxylic acids is 1. The van der Waals surface area contributed by atoms with Gasteiger partial charge in [-0.15, -0.1) is 22.7 Å². The van der Waals surface area contributed by atoms with E-state index in [0.29, 0.717) is 17.3 Å². The summed E-state index contributed by atoms with van der Waals surface area (Å²) in [5.74, 6) is -0.918. The van der Waals surface area contributed by atoms with E-state index in [4.69, 9.17) is 11.6 Å². The maximum atomic E-state index is 11.7. The molecule has 126 valence electrons. The van der Waals surface area contributed by atoms with Crippen LogP contribution in [0.3, 0.4) is 0 Å². The second kappa shape index (κ2) is 6.33. The highest BCUT2D eigenvalue weighted by Crippen LogP contribution is 2.38. The van der Waals surface area contributed by atoms with Crippen molar-refractivity contribution in [3.63, 3.8) is 0 Å². The molecule has 0 radical (unpaired) electrons. The molecule has 25 heavy (non-hydrogen) atoms. The van der Waals surface area contributed by atoms with E-state index in [0.717, 1.165) is 15.8 Å². The first-order valence-corrected chi connectivity index (χ1v) is 9.70. The highest BCUT2D eigenvalue weighted by molar-refractivity contribution is 7.26. The number of carbonyl (C=O) groups is 1. The Morgan fingerprint density at radius 2 is 1.96 bits per heavy atom. The van der Waals surface area contributed by atoms with E-state index in [2.05, 4.69) is 25.1 Å². The molecule has 6 heteroatoms. The van der Waals surface area contributed by atoms with Gasteiger partial charge in [0.25, 0.3) is 0 Å². The van der Waals surface area contributed by atoms with Crippen molar-refractivity contribution in [2.75, 3.05) is 0 Å². The minimum absolute atomic E-state index is 0.301. The van der Waals surface area contributed by atoms with E-state index in [-0.39, 0.29) is 0 Å². The number of aryl methyl sites for hydroxylation is 1. The molecule has 0 saturated heterocycles. The summed E-state index contributed by atoms with van der Waals surface area (Å²) in [7, 11) is 0. The van der Waals surface area contributed by atoms with E-state index >= 15 is 0 Å². The fraction of sp³-hybridized carbons (Fsp3) is 0.105. The summed E-state index contributed by atoms with van der Waals surface area (Å²) >= 11 is 9.45. The number of hydrogen-bond donors (Lipinski definition) is 1. The normalized spacial score (nSPS) is 11.3. The number of halogens is 1. The molecule has 0 aliphatic carbocycles. The van der Waals surface area contributed by atoms with Crippen LogP contribution in [-0.4, -0.2) is 15.6 Å². The van der Waals surface area contributed by atoms with Gasteiger partial charge >= 0.3 is 5.97 Å². The molecular formula is C19H14ClNO2S2. The molecule has 0 aliphatic heterocycles. The van der Waals surface area contributed by atoms with Gasteiger partial charge in [0.1, 0.15) is 5.69 Å². The maximum Gasteiger partial charge on any atom is 0.352 e. The van der Waals surface area contributed by atoms with Crippen LogP contribution in [0.15, 0.2) is 48.5 Å². The molecule has 3 heterocycles. The quantitative estimate of drug-likeness (QED) is 0.457. The second-order valence-corrected chi connectivity index (χ2v) is 8.63. The second-order valence-electron chi connectivity index (χ2n) is 5.82. The first kappa shape index (κ1) is 16.4. The number of carboxylic acid groups (broad SMARTS) is 1. The molecule has 0 spiro atoms. The van der Waals surface area contributed by atoms with Gasteiger partial charge in [0.2, 0.25) is 0 Å². The van der Waals surface area contributed by atoms with Gasteiger partial charge in [-0.3, -0.25) is 0 Å². The number of carboxylic acids is 1. The van der Waals surface area contributed by atoms with Crippen LogP contribution < -0.4 is 0 Å². The third-order valence-corrected chi connectivity index (χ3v) is 6.52. The lowest BCUT2D eigenvalue weighted by atomic mass is 10.2. The summed E-state index contributed by atoms with van der Waals surface area (Å²) in [6.45, 7) is 2.56. The zero-order chi connectivity index (χ0) is 17.6. The van der Waals surface area contributed by atoms with Crippen LogP contribution in [0.25, 0.3) is 20.0 Å². The van der Waals surface area contributed by atoms with Crippen LogP contribution in [0.1, 0.15) is 20.9 Å². The van der Waals surface area contributed by atoms with Crippen LogP contribution in [0.5, 0.6) is 0 Å². The predicted octanol–water partition coefficient (Wildman–Crippen LogP) is 6.14. The van der Waals surface area contributed by atoms with E-state index < -0.39 is 5.97 Å². The third kappa shape index (κ3) is 3.11. The van der Waals surface area contributed by atoms with Gasteiger partial charge in [-0.1, -0.05) is 23.7 Å². The number of benzene rings is 1. The summed E-state index contributed by atoms with van der Waals surface area (Å²) in [5, 5.41) is 10.2. The van der Waals surface area contributed by atoms with Crippen molar-refractivity contribution in [3.8, 4) is 9.75 Å². The van der Waals surface area contributed by atoms with Crippen molar-refractivity contribution >= 4 is 50.5 Å². The molecule has 3 nitrogen and oxygen atoms in total. The molecule has 4 rings (SSSR count). The highest BCUT2D eigenvalue weighted by atomic mass is 35.5. The van der Waals surface area contributed by atoms with Crippen molar-refractivity contribution in [2.45, 2.75) is 13.5 Å². The lowest BCUT2D eigenvalue weighted by Gasteiger charge is -2.08. The van der Waals surface area contributed by atoms with E-state index in [1.54, 1.807) is 28.7 Å². The summed E-state index contributed by atoms with van der Waals surface area (Å²) in [4.78, 5) is 15.3. The monoisotopic (exact) mass is 387 g/mol. The topological polar surface area (TPSA) is 42.2 Å². The SMILES string of the molecule is Cc1ccc(-c2cc3c(cc(C(=O)O)n3Cc3cccc(Cl)c3)s2)s1. The van der Waals surface area contributed by atoms with Crippen LogP contribution in [0.4, 0.5) is 0 Å². The third-order valence-electron chi connectivity index (χ3n) is 4.02. The Morgan fingerprint density at radius 1 is 1.12 bits per heavy atom. The zero-order valence-corrected chi connectivity index (χ0v) is 15.7. The maximum absolute atomic E-state index is 11.7. The fourth-order valence-electron chi connectivity index (χ4n) is 2.90. The van der Waals surface area contributed by atoms with Crippen LogP contribution >= 0.6 is 34.3 Å². The van der Waals surface area contributed by atoms with Crippen molar-refractivity contribution in [3.05, 3.63) is 69.7 Å². The molecule has 0 atom stereocenters. The molecule has 0 aliphatic rings. The van der Waals surface area contributed by atoms with Gasteiger partial charge in [0.15, 0.2) is 0 Å². The average molecular weight is 388 g/mol. The fourth-order valence-corrected chi connectivity index (χ4v) is 5.16. The number of aromatic nitrogens is 1. The van der Waals surface area contributed by atoms with Gasteiger partial charge in [0, 0.05) is 26.2 Å². The van der Waals surface area contributed by atoms with Gasteiger partial charge in [-0.2, -0.15) is 0 Å². The molecule has 3 aromatic heterocycles. The Kier molecular flexibility index (Phi) is 4.15. The minimum atomic E-state index is -0.918. The molecule has 4 aromatic rings. The number of nitrogens with zero attached hydrogens (tertiary/aromatic N) is 1. The lowest BCUT2D eigenvalue weighted by molar-refractivity contribution is 0.0686. The minimum Gasteiger partial charge on any atom is -0.477 e. The van der Waals surface area contributed by atoms with Crippen molar-refractivity contribution in [1.82, 2.24) is 4.57 Å². The van der Waals surface area contributed by atoms with Gasteiger partial charge in [-0.05, 0) is 48.9 Å². The smallest absolute Gasteiger partial charge is 0.352 e. The Hall–Kier alpha value is -2.08. The van der Waals surface area contributed by atoms with Crippen LogP contribution in [0, 0.1) is 6.92 Å². The van der Waals surface area contributed by atoms with Crippen LogP contribution in [0.2, 0.25) is 5.02 Å². The molecule has 0 unspecified atom stereocenters. The number of thiophene rings is 2. The lowest BCUT2D eigenvalue weighted by Crippen LogP contribution is -2.09. The average Bonchev–Trinajstić information content (AvgIpc) is 3.23. The molecule has 0 fully saturated rings.